The Hall–Kier alpha value is -2.62. The van der Waals surface area contributed by atoms with Gasteiger partial charge in [-0.3, -0.25) is 0 Å². The number of rotatable bonds is 9. The average molecular weight is 400 g/mol. The first kappa shape index (κ1) is 21.1. The number of fused-ring (bicyclic) bond motifs is 1. The minimum absolute atomic E-state index is 0.0163. The van der Waals surface area contributed by atoms with Gasteiger partial charge < -0.3 is 0 Å². The van der Waals surface area contributed by atoms with Crippen LogP contribution in [0.25, 0.3) is 0 Å². The number of amides is 2. The molecule has 1 aromatic heterocycles. The van der Waals surface area contributed by atoms with E-state index in [0.29, 0.717) is 12.1 Å². The van der Waals surface area contributed by atoms with Gasteiger partial charge in [0.05, 0.1) is 6.61 Å². The molecule has 2 saturated heterocycles. The Morgan fingerprint density at radius 1 is 1.45 bits per heavy atom. The quantitative estimate of drug-likeness (QED) is 0.449. The summed E-state index contributed by atoms with van der Waals surface area (Å²) in [4.78, 5) is 44.8. The molecule has 0 bridgehead atoms. The minimum atomic E-state index is -0.584. The van der Waals surface area contributed by atoms with E-state index < -0.39 is 12.0 Å². The number of ether oxygens (including phenoxy) is 1. The third kappa shape index (κ3) is 5.06. The summed E-state index contributed by atoms with van der Waals surface area (Å²) in [6, 6.07) is 2.60. The molecular formula is C19H25BN4O5. The molecule has 2 unspecified atom stereocenters. The van der Waals surface area contributed by atoms with Crippen molar-refractivity contribution in [2.45, 2.75) is 31.8 Å². The fourth-order valence-corrected chi connectivity index (χ4v) is 4.11. The second-order valence-corrected chi connectivity index (χ2v) is 7.29. The Bertz CT molecular complexity index is 762. The zero-order chi connectivity index (χ0) is 20.8. The van der Waals surface area contributed by atoms with Crippen molar-refractivity contribution in [2.75, 3.05) is 32.7 Å². The fourth-order valence-electron chi connectivity index (χ4n) is 4.11. The van der Waals surface area contributed by atoms with Gasteiger partial charge in [-0.2, -0.15) is 0 Å². The van der Waals surface area contributed by atoms with E-state index in [1.807, 2.05) is 4.90 Å². The van der Waals surface area contributed by atoms with E-state index in [0.717, 1.165) is 20.1 Å². The molecule has 9 nitrogen and oxygen atoms in total. The molecule has 2 amide bonds. The third-order valence-corrected chi connectivity index (χ3v) is 5.39. The van der Waals surface area contributed by atoms with Crippen molar-refractivity contribution in [2.24, 2.45) is 5.92 Å². The van der Waals surface area contributed by atoms with Crippen LogP contribution in [-0.4, -0.2) is 78.4 Å². The van der Waals surface area contributed by atoms with Gasteiger partial charge in [0.1, 0.15) is 0 Å². The predicted octanol–water partition coefficient (Wildman–Crippen LogP) is -0.268. The van der Waals surface area contributed by atoms with E-state index in [1.54, 1.807) is 31.5 Å². The zero-order valence-electron chi connectivity index (χ0n) is 16.5. The zero-order valence-corrected chi connectivity index (χ0v) is 16.5. The maximum absolute atomic E-state index is 12.7. The Kier molecular flexibility index (Phi) is 7.08. The van der Waals surface area contributed by atoms with Crippen molar-refractivity contribution in [1.29, 1.82) is 0 Å². The molecule has 0 aromatic carbocycles. The Balaban J connectivity index is 1.62. The Morgan fingerprint density at radius 3 is 2.97 bits per heavy atom. The molecule has 0 spiro atoms. The van der Waals surface area contributed by atoms with Crippen molar-refractivity contribution in [3.8, 4) is 0 Å². The predicted molar refractivity (Wildman–Crippen MR) is 103 cm³/mol. The number of carbonyl (C=O) groups excluding carboxylic acids is 3. The summed E-state index contributed by atoms with van der Waals surface area (Å²) in [6.45, 7) is 3.12. The van der Waals surface area contributed by atoms with Gasteiger partial charge in [-0.25, -0.2) is 0 Å². The topological polar surface area (TPSA) is 109 Å². The van der Waals surface area contributed by atoms with E-state index in [4.69, 9.17) is 4.74 Å². The van der Waals surface area contributed by atoms with Gasteiger partial charge in [0, 0.05) is 6.20 Å². The molecule has 1 N–H and O–H groups in total. The number of aromatic nitrogens is 1. The molecule has 0 saturated carbocycles. The maximum atomic E-state index is 12.7. The summed E-state index contributed by atoms with van der Waals surface area (Å²) < 4.78 is 15.8. The summed E-state index contributed by atoms with van der Waals surface area (Å²) in [5.74, 6) is -0.743. The van der Waals surface area contributed by atoms with Crippen LogP contribution in [0.15, 0.2) is 24.5 Å². The van der Waals surface area contributed by atoms with Crippen LogP contribution in [0, 0.1) is 5.92 Å². The number of hydrogen-bond donors (Lipinski definition) is 1. The van der Waals surface area contributed by atoms with Crippen molar-refractivity contribution < 1.29 is 23.8 Å². The third-order valence-electron chi connectivity index (χ3n) is 5.39. The van der Waals surface area contributed by atoms with E-state index in [1.165, 1.54) is 4.90 Å². The van der Waals surface area contributed by atoms with Gasteiger partial charge in [0.15, 0.2) is 0 Å². The second-order valence-electron chi connectivity index (χ2n) is 7.29. The van der Waals surface area contributed by atoms with Crippen molar-refractivity contribution in [3.05, 3.63) is 30.1 Å². The van der Waals surface area contributed by atoms with Crippen LogP contribution in [0.1, 0.15) is 31.4 Å². The SMILES string of the molecule is CCOC(=O)C[C@H](NC(=O)CN1CC2CCN(CB=O)C2C1=O)c1cccnc1. The van der Waals surface area contributed by atoms with Gasteiger partial charge in [-0.1, -0.05) is 0 Å². The number of hydrogen-bond acceptors (Lipinski definition) is 7. The van der Waals surface area contributed by atoms with E-state index in [2.05, 4.69) is 10.3 Å². The van der Waals surface area contributed by atoms with Crippen LogP contribution >= 0.6 is 0 Å². The summed E-state index contributed by atoms with van der Waals surface area (Å²) >= 11 is 0. The molecular weight excluding hydrogens is 375 g/mol. The van der Waals surface area contributed by atoms with Crippen LogP contribution in [-0.2, 0) is 23.8 Å². The molecule has 1 aromatic rings. The molecule has 3 atom stereocenters. The number of likely N-dealkylation sites (tertiary alicyclic amines) is 2. The summed E-state index contributed by atoms with van der Waals surface area (Å²) in [7, 11) is 0.804. The first-order valence-corrected chi connectivity index (χ1v) is 9.84. The number of carbonyl (C=O) groups is 3. The molecule has 0 aliphatic carbocycles. The first-order chi connectivity index (χ1) is 14.0. The molecule has 0 radical (unpaired) electrons. The van der Waals surface area contributed by atoms with Crippen LogP contribution < -0.4 is 5.32 Å². The standard InChI is InChI=1S/C19H25BN4O5/c1-2-29-17(26)8-15(13-4-3-6-21-9-13)22-16(25)11-24-10-14-5-7-23(12-20-28)18(14)19(24)27/h3-4,6,9,14-15,18H,2,5,7-8,10-12H2,1H3,(H,22,25)/t14?,15-,18?/m0/s1. The molecule has 29 heavy (non-hydrogen) atoms. The van der Waals surface area contributed by atoms with E-state index in [9.17, 15) is 19.1 Å². The molecule has 2 aliphatic rings. The Morgan fingerprint density at radius 2 is 2.28 bits per heavy atom. The monoisotopic (exact) mass is 400 g/mol. The molecule has 154 valence electrons. The summed E-state index contributed by atoms with van der Waals surface area (Å²) in [5, 5.41) is 2.83. The Labute approximate surface area is 170 Å². The summed E-state index contributed by atoms with van der Waals surface area (Å²) in [6.07, 6.45) is 4.25. The van der Waals surface area contributed by atoms with E-state index in [-0.39, 0.29) is 49.8 Å². The second kappa shape index (κ2) is 9.73. The molecule has 3 heterocycles. The number of pyridine rings is 1. The van der Waals surface area contributed by atoms with Crippen LogP contribution in [0.4, 0.5) is 0 Å². The van der Waals surface area contributed by atoms with Gasteiger partial charge in [0.2, 0.25) is 0 Å². The summed E-state index contributed by atoms with van der Waals surface area (Å²) in [5.41, 5.74) is 0.690. The number of nitrogens with zero attached hydrogens (tertiary/aromatic N) is 3. The average Bonchev–Trinajstić information content (AvgIpc) is 3.23. The van der Waals surface area contributed by atoms with Gasteiger partial charge in [0.25, 0.3) is 0 Å². The van der Waals surface area contributed by atoms with Crippen molar-refractivity contribution in [1.82, 2.24) is 20.1 Å². The van der Waals surface area contributed by atoms with Crippen molar-refractivity contribution >= 4 is 24.9 Å². The molecule has 10 heteroatoms. The van der Waals surface area contributed by atoms with Gasteiger partial charge in [-0.15, -0.1) is 0 Å². The first-order valence-electron chi connectivity index (χ1n) is 9.84. The number of esters is 1. The van der Waals surface area contributed by atoms with Crippen LogP contribution in [0.2, 0.25) is 0 Å². The van der Waals surface area contributed by atoms with Crippen molar-refractivity contribution in [3.63, 3.8) is 0 Å². The number of nitrogens with one attached hydrogen (secondary N) is 1. The molecule has 3 rings (SSSR count). The molecule has 2 aliphatic heterocycles. The normalized spacial score (nSPS) is 22.1. The van der Waals surface area contributed by atoms with Crippen LogP contribution in [0.3, 0.4) is 0 Å². The van der Waals surface area contributed by atoms with Gasteiger partial charge >= 0.3 is 150 Å². The van der Waals surface area contributed by atoms with Gasteiger partial charge in [-0.05, 0) is 6.92 Å². The fraction of sp³-hybridized carbons (Fsp3) is 0.579. The van der Waals surface area contributed by atoms with Crippen LogP contribution in [0.5, 0.6) is 0 Å². The van der Waals surface area contributed by atoms with E-state index >= 15 is 0 Å². The molecule has 2 fully saturated rings.